The third-order valence-electron chi connectivity index (χ3n) is 4.08. The number of hydrogen-bond donors (Lipinski definition) is 1. The van der Waals surface area contributed by atoms with E-state index in [0.717, 1.165) is 0 Å². The van der Waals surface area contributed by atoms with Crippen LogP contribution in [0.5, 0.6) is 0 Å². The van der Waals surface area contributed by atoms with Crippen molar-refractivity contribution in [3.05, 3.63) is 12.7 Å². The summed E-state index contributed by atoms with van der Waals surface area (Å²) in [5.41, 5.74) is 6.90. The molecule has 0 amide bonds. The van der Waals surface area contributed by atoms with Crippen molar-refractivity contribution in [1.82, 2.24) is 19.5 Å². The third-order valence-corrected chi connectivity index (χ3v) is 4.08. The number of hydrogen-bond acceptors (Lipinski definition) is 8. The Hall–Kier alpha value is -2.28. The molecule has 9 nitrogen and oxygen atoms in total. The first-order chi connectivity index (χ1) is 11.0. The lowest BCUT2D eigenvalue weighted by atomic mass is 10.1. The van der Waals surface area contributed by atoms with E-state index in [0.29, 0.717) is 17.0 Å². The maximum atomic E-state index is 9.02. The van der Waals surface area contributed by atoms with Crippen molar-refractivity contribution in [2.75, 3.05) is 5.73 Å². The first-order valence-corrected chi connectivity index (χ1v) is 7.31. The fraction of sp³-hybridized carbons (Fsp3) is 0.571. The second kappa shape index (κ2) is 4.86. The maximum absolute atomic E-state index is 9.02. The van der Waals surface area contributed by atoms with E-state index >= 15 is 0 Å². The summed E-state index contributed by atoms with van der Waals surface area (Å²) >= 11 is 0. The minimum Gasteiger partial charge on any atom is -0.382 e. The van der Waals surface area contributed by atoms with Crippen LogP contribution in [0.25, 0.3) is 11.2 Å². The molecule has 2 N–H and O–H groups in total. The molecule has 23 heavy (non-hydrogen) atoms. The Morgan fingerprint density at radius 3 is 2.87 bits per heavy atom. The van der Waals surface area contributed by atoms with Crippen LogP contribution in [0, 0.1) is 11.3 Å². The summed E-state index contributed by atoms with van der Waals surface area (Å²) < 4.78 is 19.7. The number of anilines is 1. The molecule has 0 aromatic carbocycles. The zero-order valence-corrected chi connectivity index (χ0v) is 12.7. The summed E-state index contributed by atoms with van der Waals surface area (Å²) in [5, 5.41) is 9.02. The van der Waals surface area contributed by atoms with Crippen molar-refractivity contribution in [2.24, 2.45) is 0 Å². The van der Waals surface area contributed by atoms with E-state index in [1.807, 2.05) is 13.8 Å². The molecule has 0 bridgehead atoms. The van der Waals surface area contributed by atoms with Crippen molar-refractivity contribution in [2.45, 2.75) is 50.6 Å². The molecular formula is C14H16N6O3. The van der Waals surface area contributed by atoms with Gasteiger partial charge in [0.15, 0.2) is 23.5 Å². The standard InChI is InChI=1S/C14H16N6O3/c1-14(2)22-9-7(3-4-15)21-13(10(9)23-14)20-6-19-8-11(16)17-5-18-12(8)20/h5-7,9-10,13H,3H2,1-2H3,(H2,16,17,18)/t7-,9-,10-,13-/m1/s1. The van der Waals surface area contributed by atoms with E-state index in [-0.39, 0.29) is 24.7 Å². The second-order valence-corrected chi connectivity index (χ2v) is 6.08. The van der Waals surface area contributed by atoms with E-state index in [2.05, 4.69) is 21.0 Å². The summed E-state index contributed by atoms with van der Waals surface area (Å²) in [4.78, 5) is 12.4. The molecule has 120 valence electrons. The summed E-state index contributed by atoms with van der Waals surface area (Å²) in [5.74, 6) is -0.420. The lowest BCUT2D eigenvalue weighted by Crippen LogP contribution is -2.29. The molecule has 0 saturated carbocycles. The van der Waals surface area contributed by atoms with Crippen LogP contribution in [-0.2, 0) is 14.2 Å². The first kappa shape index (κ1) is 14.3. The van der Waals surface area contributed by atoms with Crippen molar-refractivity contribution < 1.29 is 14.2 Å². The van der Waals surface area contributed by atoms with Crippen LogP contribution in [0.15, 0.2) is 12.7 Å². The Bertz CT molecular complexity index is 797. The predicted octanol–water partition coefficient (Wildman–Crippen LogP) is 0.740. The van der Waals surface area contributed by atoms with E-state index in [9.17, 15) is 0 Å². The van der Waals surface area contributed by atoms with Gasteiger partial charge in [-0.1, -0.05) is 0 Å². The number of nitrogen functional groups attached to an aromatic ring is 1. The molecule has 0 unspecified atom stereocenters. The lowest BCUT2D eigenvalue weighted by Gasteiger charge is -2.24. The Morgan fingerprint density at radius 2 is 2.09 bits per heavy atom. The van der Waals surface area contributed by atoms with Gasteiger partial charge in [0.25, 0.3) is 0 Å². The SMILES string of the molecule is CC1(C)O[C@@H]2[C@H](O1)[C@@H](CC#N)O[C@H]2n1cnc2c(N)ncnc21. The monoisotopic (exact) mass is 316 g/mol. The van der Waals surface area contributed by atoms with Gasteiger partial charge in [-0.05, 0) is 13.8 Å². The van der Waals surface area contributed by atoms with Gasteiger partial charge in [0.1, 0.15) is 30.2 Å². The van der Waals surface area contributed by atoms with E-state index in [1.165, 1.54) is 6.33 Å². The molecule has 2 aromatic rings. The fourth-order valence-electron chi connectivity index (χ4n) is 3.19. The molecule has 9 heteroatoms. The van der Waals surface area contributed by atoms with Gasteiger partial charge >= 0.3 is 0 Å². The molecular weight excluding hydrogens is 300 g/mol. The van der Waals surface area contributed by atoms with Crippen LogP contribution in [-0.4, -0.2) is 43.6 Å². The molecule has 4 atom stereocenters. The number of fused-ring (bicyclic) bond motifs is 2. The Balaban J connectivity index is 1.76. The molecule has 2 aliphatic rings. The molecule has 0 radical (unpaired) electrons. The van der Waals surface area contributed by atoms with Gasteiger partial charge < -0.3 is 19.9 Å². The molecule has 4 heterocycles. The van der Waals surface area contributed by atoms with Gasteiger partial charge in [0, 0.05) is 0 Å². The third kappa shape index (κ3) is 2.15. The number of aromatic nitrogens is 4. The predicted molar refractivity (Wildman–Crippen MR) is 77.7 cm³/mol. The van der Waals surface area contributed by atoms with Crippen molar-refractivity contribution in [3.63, 3.8) is 0 Å². The number of nitrogens with zero attached hydrogens (tertiary/aromatic N) is 5. The van der Waals surface area contributed by atoms with Crippen LogP contribution >= 0.6 is 0 Å². The second-order valence-electron chi connectivity index (χ2n) is 6.08. The van der Waals surface area contributed by atoms with Crippen LogP contribution in [0.1, 0.15) is 26.5 Å². The average molecular weight is 316 g/mol. The van der Waals surface area contributed by atoms with Crippen LogP contribution in [0.2, 0.25) is 0 Å². The number of rotatable bonds is 2. The number of nitriles is 1. The zero-order chi connectivity index (χ0) is 16.2. The van der Waals surface area contributed by atoms with Gasteiger partial charge in [-0.2, -0.15) is 5.26 Å². The summed E-state index contributed by atoms with van der Waals surface area (Å²) in [6.07, 6.45) is 1.68. The van der Waals surface area contributed by atoms with E-state index in [4.69, 9.17) is 25.2 Å². The van der Waals surface area contributed by atoms with Crippen LogP contribution < -0.4 is 5.73 Å². The minimum atomic E-state index is -0.727. The highest BCUT2D eigenvalue weighted by Gasteiger charge is 2.56. The van der Waals surface area contributed by atoms with Gasteiger partial charge in [-0.15, -0.1) is 0 Å². The van der Waals surface area contributed by atoms with Gasteiger partial charge in [-0.3, -0.25) is 4.57 Å². The van der Waals surface area contributed by atoms with Crippen LogP contribution in [0.4, 0.5) is 5.82 Å². The Kier molecular flexibility index (Phi) is 3.02. The Morgan fingerprint density at radius 1 is 1.30 bits per heavy atom. The molecule has 0 aliphatic carbocycles. The van der Waals surface area contributed by atoms with Crippen LogP contribution in [0.3, 0.4) is 0 Å². The summed E-state index contributed by atoms with van der Waals surface area (Å²) in [6, 6.07) is 2.13. The smallest absolute Gasteiger partial charge is 0.167 e. The number of imidazole rings is 1. The molecule has 2 aliphatic heterocycles. The minimum absolute atomic E-state index is 0.223. The largest absolute Gasteiger partial charge is 0.382 e. The quantitative estimate of drug-likeness (QED) is 0.861. The lowest BCUT2D eigenvalue weighted by molar-refractivity contribution is -0.195. The highest BCUT2D eigenvalue weighted by atomic mass is 16.8. The Labute approximate surface area is 132 Å². The van der Waals surface area contributed by atoms with E-state index in [1.54, 1.807) is 10.9 Å². The van der Waals surface area contributed by atoms with Crippen molar-refractivity contribution >= 4 is 17.0 Å². The summed E-state index contributed by atoms with van der Waals surface area (Å²) in [6.45, 7) is 3.69. The number of ether oxygens (including phenoxy) is 3. The van der Waals surface area contributed by atoms with E-state index < -0.39 is 12.0 Å². The van der Waals surface area contributed by atoms with Crippen molar-refractivity contribution in [3.8, 4) is 6.07 Å². The highest BCUT2D eigenvalue weighted by molar-refractivity contribution is 5.81. The first-order valence-electron chi connectivity index (χ1n) is 7.31. The van der Waals surface area contributed by atoms with Gasteiger partial charge in [-0.25, -0.2) is 15.0 Å². The normalized spacial score (nSPS) is 32.0. The highest BCUT2D eigenvalue weighted by Crippen LogP contribution is 2.44. The molecule has 2 aromatic heterocycles. The zero-order valence-electron chi connectivity index (χ0n) is 12.7. The van der Waals surface area contributed by atoms with Gasteiger partial charge in [0.2, 0.25) is 0 Å². The number of nitrogens with two attached hydrogens (primary N) is 1. The molecule has 2 fully saturated rings. The van der Waals surface area contributed by atoms with Gasteiger partial charge in [0.05, 0.1) is 18.8 Å². The topological polar surface area (TPSA) is 121 Å². The molecule has 4 rings (SSSR count). The average Bonchev–Trinajstić information content (AvgIpc) is 3.13. The van der Waals surface area contributed by atoms with Crippen molar-refractivity contribution in [1.29, 1.82) is 5.26 Å². The maximum Gasteiger partial charge on any atom is 0.167 e. The fourth-order valence-corrected chi connectivity index (χ4v) is 3.19. The molecule has 0 spiro atoms. The summed E-state index contributed by atoms with van der Waals surface area (Å²) in [7, 11) is 0. The molecule has 2 saturated heterocycles.